The highest BCUT2D eigenvalue weighted by atomic mass is 16.5. The lowest BCUT2D eigenvalue weighted by molar-refractivity contribution is -0.144. The average molecular weight is 210 g/mol. The molecule has 0 radical (unpaired) electrons. The molecule has 1 aromatic heterocycles. The second kappa shape index (κ2) is 5.56. The van der Waals surface area contributed by atoms with Crippen LogP contribution < -0.4 is 5.32 Å². The van der Waals surface area contributed by atoms with Gasteiger partial charge in [-0.05, 0) is 27.0 Å². The molecule has 0 aliphatic heterocycles. The van der Waals surface area contributed by atoms with Gasteiger partial charge in [-0.3, -0.25) is 4.79 Å². The van der Waals surface area contributed by atoms with E-state index in [1.807, 2.05) is 27.0 Å². The van der Waals surface area contributed by atoms with Crippen molar-refractivity contribution in [2.75, 3.05) is 13.6 Å². The molecular weight excluding hydrogens is 192 g/mol. The van der Waals surface area contributed by atoms with Gasteiger partial charge >= 0.3 is 5.97 Å². The highest BCUT2D eigenvalue weighted by molar-refractivity contribution is 5.69. The first-order valence-corrected chi connectivity index (χ1v) is 5.08. The number of aryl methyl sites for hydroxylation is 2. The van der Waals surface area contributed by atoms with Crippen molar-refractivity contribution in [3.8, 4) is 0 Å². The summed E-state index contributed by atoms with van der Waals surface area (Å²) in [5.41, 5.74) is 3.20. The van der Waals surface area contributed by atoms with Gasteiger partial charge in [0.25, 0.3) is 0 Å². The number of hydrogen-bond donors (Lipinski definition) is 2. The Morgan fingerprint density at radius 3 is 2.80 bits per heavy atom. The molecule has 0 bridgehead atoms. The van der Waals surface area contributed by atoms with Gasteiger partial charge in [-0.15, -0.1) is 0 Å². The normalized spacial score (nSPS) is 10.3. The molecular formula is C11H18N2O2. The van der Waals surface area contributed by atoms with Crippen LogP contribution in [0.25, 0.3) is 0 Å². The topological polar surface area (TPSA) is 54.1 Å². The molecule has 0 aliphatic carbocycles. The van der Waals surface area contributed by atoms with Crippen molar-refractivity contribution in [1.29, 1.82) is 0 Å². The van der Waals surface area contributed by atoms with Crippen molar-refractivity contribution in [3.05, 3.63) is 23.0 Å². The Balaban J connectivity index is 2.36. The Morgan fingerprint density at radius 1 is 1.53 bits per heavy atom. The van der Waals surface area contributed by atoms with Crippen molar-refractivity contribution >= 4 is 5.97 Å². The number of nitrogens with one attached hydrogen (secondary N) is 2. The summed E-state index contributed by atoms with van der Waals surface area (Å²) < 4.78 is 5.13. The zero-order valence-electron chi connectivity index (χ0n) is 9.52. The third-order valence-corrected chi connectivity index (χ3v) is 2.22. The molecule has 15 heavy (non-hydrogen) atoms. The number of aromatic amines is 1. The molecule has 0 fully saturated rings. The van der Waals surface area contributed by atoms with E-state index in [2.05, 4.69) is 10.3 Å². The van der Waals surface area contributed by atoms with Crippen LogP contribution >= 0.6 is 0 Å². The van der Waals surface area contributed by atoms with Crippen molar-refractivity contribution < 1.29 is 9.53 Å². The molecule has 4 heteroatoms. The van der Waals surface area contributed by atoms with Gasteiger partial charge in [0.15, 0.2) is 0 Å². The van der Waals surface area contributed by atoms with Gasteiger partial charge in [-0.2, -0.15) is 0 Å². The molecule has 0 saturated carbocycles. The Kier molecular flexibility index (Phi) is 4.37. The van der Waals surface area contributed by atoms with Gasteiger partial charge in [0, 0.05) is 23.5 Å². The van der Waals surface area contributed by atoms with E-state index in [1.165, 1.54) is 0 Å². The quantitative estimate of drug-likeness (QED) is 0.720. The lowest BCUT2D eigenvalue weighted by Gasteiger charge is -2.03. The first kappa shape index (κ1) is 11.8. The van der Waals surface area contributed by atoms with Crippen molar-refractivity contribution in [2.45, 2.75) is 26.9 Å². The smallest absolute Gasteiger partial charge is 0.307 e. The minimum atomic E-state index is -0.164. The average Bonchev–Trinajstić information content (AvgIpc) is 2.51. The van der Waals surface area contributed by atoms with Crippen LogP contribution in [-0.4, -0.2) is 24.5 Å². The summed E-state index contributed by atoms with van der Waals surface area (Å²) in [5, 5.41) is 2.91. The third kappa shape index (κ3) is 3.75. The number of aromatic nitrogens is 1. The largest absolute Gasteiger partial charge is 0.461 e. The van der Waals surface area contributed by atoms with E-state index in [4.69, 9.17) is 4.74 Å². The highest BCUT2D eigenvalue weighted by Gasteiger charge is 2.06. The lowest BCUT2D eigenvalue weighted by atomic mass is 10.2. The molecule has 0 unspecified atom stereocenters. The number of carbonyl (C=O) groups excluding carboxylic acids is 1. The molecule has 0 saturated heterocycles. The standard InChI is InChI=1S/C11H18N2O2/c1-8-6-10(9(2)13-8)7-15-11(14)4-5-12-3/h6,12-13H,4-5,7H2,1-3H3. The maximum Gasteiger partial charge on any atom is 0.307 e. The van der Waals surface area contributed by atoms with Crippen LogP contribution in [0.4, 0.5) is 0 Å². The molecule has 1 aromatic rings. The second-order valence-corrected chi connectivity index (χ2v) is 3.62. The zero-order chi connectivity index (χ0) is 11.3. The Bertz CT molecular complexity index is 331. The highest BCUT2D eigenvalue weighted by Crippen LogP contribution is 2.10. The number of ether oxygens (including phenoxy) is 1. The van der Waals surface area contributed by atoms with Gasteiger partial charge in [-0.25, -0.2) is 0 Å². The summed E-state index contributed by atoms with van der Waals surface area (Å²) >= 11 is 0. The summed E-state index contributed by atoms with van der Waals surface area (Å²) in [6.45, 7) is 4.98. The first-order chi connectivity index (χ1) is 7.13. The van der Waals surface area contributed by atoms with Gasteiger partial charge < -0.3 is 15.0 Å². The molecule has 4 nitrogen and oxygen atoms in total. The molecule has 2 N–H and O–H groups in total. The molecule has 0 atom stereocenters. The fourth-order valence-corrected chi connectivity index (χ4v) is 1.39. The molecule has 84 valence electrons. The van der Waals surface area contributed by atoms with Crippen molar-refractivity contribution in [2.24, 2.45) is 0 Å². The third-order valence-electron chi connectivity index (χ3n) is 2.22. The second-order valence-electron chi connectivity index (χ2n) is 3.62. The predicted octanol–water partition coefficient (Wildman–Crippen LogP) is 1.28. The minimum Gasteiger partial charge on any atom is -0.461 e. The van der Waals surface area contributed by atoms with Gasteiger partial charge in [0.2, 0.25) is 0 Å². The Hall–Kier alpha value is -1.29. The number of rotatable bonds is 5. The molecule has 1 rings (SSSR count). The van der Waals surface area contributed by atoms with E-state index in [0.717, 1.165) is 17.0 Å². The predicted molar refractivity (Wildman–Crippen MR) is 58.6 cm³/mol. The van der Waals surface area contributed by atoms with Gasteiger partial charge in [-0.1, -0.05) is 0 Å². The van der Waals surface area contributed by atoms with Crippen LogP contribution in [0.5, 0.6) is 0 Å². The van der Waals surface area contributed by atoms with E-state index in [-0.39, 0.29) is 5.97 Å². The summed E-state index contributed by atoms with van der Waals surface area (Å²) in [7, 11) is 1.81. The monoisotopic (exact) mass is 210 g/mol. The fraction of sp³-hybridized carbons (Fsp3) is 0.545. The number of carbonyl (C=O) groups is 1. The van der Waals surface area contributed by atoms with E-state index in [9.17, 15) is 4.79 Å². The van der Waals surface area contributed by atoms with Gasteiger partial charge in [0.1, 0.15) is 6.61 Å². The summed E-state index contributed by atoms with van der Waals surface area (Å²) in [5.74, 6) is -0.164. The Labute approximate surface area is 90.0 Å². The van der Waals surface area contributed by atoms with E-state index >= 15 is 0 Å². The maximum absolute atomic E-state index is 11.2. The minimum absolute atomic E-state index is 0.164. The number of H-pyrrole nitrogens is 1. The zero-order valence-corrected chi connectivity index (χ0v) is 9.52. The molecule has 1 heterocycles. The van der Waals surface area contributed by atoms with Crippen molar-refractivity contribution in [3.63, 3.8) is 0 Å². The first-order valence-electron chi connectivity index (χ1n) is 5.08. The summed E-state index contributed by atoms with van der Waals surface area (Å²) in [6.07, 6.45) is 0.416. The van der Waals surface area contributed by atoms with Crippen LogP contribution in [-0.2, 0) is 16.1 Å². The summed E-state index contributed by atoms with van der Waals surface area (Å²) in [6, 6.07) is 2.00. The van der Waals surface area contributed by atoms with Gasteiger partial charge in [0.05, 0.1) is 6.42 Å². The van der Waals surface area contributed by atoms with Crippen LogP contribution in [0.2, 0.25) is 0 Å². The molecule has 0 amide bonds. The van der Waals surface area contributed by atoms with E-state index in [1.54, 1.807) is 0 Å². The number of hydrogen-bond acceptors (Lipinski definition) is 3. The van der Waals surface area contributed by atoms with Crippen molar-refractivity contribution in [1.82, 2.24) is 10.3 Å². The molecule has 0 aliphatic rings. The van der Waals surface area contributed by atoms with E-state index in [0.29, 0.717) is 19.6 Å². The molecule has 0 aromatic carbocycles. The lowest BCUT2D eigenvalue weighted by Crippen LogP contribution is -2.14. The summed E-state index contributed by atoms with van der Waals surface area (Å²) in [4.78, 5) is 14.4. The maximum atomic E-state index is 11.2. The fourth-order valence-electron chi connectivity index (χ4n) is 1.39. The van der Waals surface area contributed by atoms with Crippen LogP contribution in [0.15, 0.2) is 6.07 Å². The van der Waals surface area contributed by atoms with Crippen LogP contribution in [0.1, 0.15) is 23.4 Å². The number of esters is 1. The van der Waals surface area contributed by atoms with E-state index < -0.39 is 0 Å². The van der Waals surface area contributed by atoms with Crippen LogP contribution in [0, 0.1) is 13.8 Å². The Morgan fingerprint density at radius 2 is 2.27 bits per heavy atom. The molecule has 0 spiro atoms. The SMILES string of the molecule is CNCCC(=O)OCc1cc(C)[nH]c1C. The van der Waals surface area contributed by atoms with Crippen LogP contribution in [0.3, 0.4) is 0 Å².